The Morgan fingerprint density at radius 2 is 1.83 bits per heavy atom. The zero-order valence-corrected chi connectivity index (χ0v) is 11.0. The van der Waals surface area contributed by atoms with Gasteiger partial charge >= 0.3 is 5.97 Å². The monoisotopic (exact) mass is 253 g/mol. The van der Waals surface area contributed by atoms with Crippen molar-refractivity contribution in [1.29, 1.82) is 0 Å². The first-order chi connectivity index (χ1) is 8.66. The molecule has 4 heteroatoms. The quantitative estimate of drug-likeness (QED) is 0.540. The number of aliphatic carboxylic acids is 1. The van der Waals surface area contributed by atoms with Crippen LogP contribution in [0.1, 0.15) is 45.4 Å². The molecule has 1 aliphatic carbocycles. The predicted molar refractivity (Wildman–Crippen MR) is 70.1 cm³/mol. The van der Waals surface area contributed by atoms with Crippen LogP contribution in [0.25, 0.3) is 0 Å². The molecule has 0 unspecified atom stereocenters. The van der Waals surface area contributed by atoms with Crippen molar-refractivity contribution in [2.75, 3.05) is 6.54 Å². The van der Waals surface area contributed by atoms with E-state index in [1.165, 1.54) is 12.8 Å². The first kappa shape index (κ1) is 14.7. The summed E-state index contributed by atoms with van der Waals surface area (Å²) in [5.74, 6) is -1.95. The van der Waals surface area contributed by atoms with Crippen LogP contribution < -0.4 is 5.32 Å². The molecule has 0 aromatic carbocycles. The maximum Gasteiger partial charge on any atom is 0.307 e. The predicted octanol–water partition coefficient (Wildman–Crippen LogP) is 2.35. The summed E-state index contributed by atoms with van der Waals surface area (Å²) in [5.41, 5.74) is 0. The van der Waals surface area contributed by atoms with Gasteiger partial charge in [-0.15, -0.1) is 0 Å². The standard InChI is InChI=1S/C14H23NO3/c1-2-3-4-7-10-15-13(16)11-8-5-6-9-12(11)14(17)18/h5-6,11-12H,2-4,7-10H2,1H3,(H,15,16)(H,17,18)/t11-,12+/m1/s1. The van der Waals surface area contributed by atoms with Crippen LogP contribution in [0, 0.1) is 11.8 Å². The van der Waals surface area contributed by atoms with Crippen molar-refractivity contribution < 1.29 is 14.7 Å². The highest BCUT2D eigenvalue weighted by atomic mass is 16.4. The molecule has 0 aromatic rings. The van der Waals surface area contributed by atoms with E-state index in [9.17, 15) is 9.59 Å². The largest absolute Gasteiger partial charge is 0.481 e. The fraction of sp³-hybridized carbons (Fsp3) is 0.714. The topological polar surface area (TPSA) is 66.4 Å². The van der Waals surface area contributed by atoms with Gasteiger partial charge in [0.05, 0.1) is 11.8 Å². The van der Waals surface area contributed by atoms with Crippen LogP contribution in [0.2, 0.25) is 0 Å². The number of carboxylic acid groups (broad SMARTS) is 1. The van der Waals surface area contributed by atoms with E-state index >= 15 is 0 Å². The Morgan fingerprint density at radius 1 is 1.17 bits per heavy atom. The van der Waals surface area contributed by atoms with E-state index in [1.807, 2.05) is 12.2 Å². The van der Waals surface area contributed by atoms with Gasteiger partial charge < -0.3 is 10.4 Å². The van der Waals surface area contributed by atoms with Crippen LogP contribution in [0.15, 0.2) is 12.2 Å². The van der Waals surface area contributed by atoms with Gasteiger partial charge in [0.1, 0.15) is 0 Å². The summed E-state index contributed by atoms with van der Waals surface area (Å²) in [7, 11) is 0. The van der Waals surface area contributed by atoms with Gasteiger partial charge in [-0.1, -0.05) is 38.3 Å². The molecule has 0 bridgehead atoms. The Kier molecular flexibility index (Phi) is 6.47. The van der Waals surface area contributed by atoms with Crippen molar-refractivity contribution in [2.45, 2.75) is 45.4 Å². The van der Waals surface area contributed by atoms with Crippen LogP contribution in [-0.2, 0) is 9.59 Å². The summed E-state index contributed by atoms with van der Waals surface area (Å²) in [6, 6.07) is 0. The van der Waals surface area contributed by atoms with E-state index < -0.39 is 17.8 Å². The minimum absolute atomic E-state index is 0.108. The molecule has 102 valence electrons. The van der Waals surface area contributed by atoms with Crippen LogP contribution in [-0.4, -0.2) is 23.5 Å². The van der Waals surface area contributed by atoms with Crippen LogP contribution >= 0.6 is 0 Å². The van der Waals surface area contributed by atoms with E-state index in [2.05, 4.69) is 12.2 Å². The summed E-state index contributed by atoms with van der Waals surface area (Å²) < 4.78 is 0. The Balaban J connectivity index is 2.35. The number of rotatable bonds is 7. The van der Waals surface area contributed by atoms with Crippen molar-refractivity contribution in [2.24, 2.45) is 11.8 Å². The SMILES string of the molecule is CCCCCCNC(=O)[C@@H]1CC=CC[C@@H]1C(=O)O. The van der Waals surface area contributed by atoms with E-state index in [0.29, 0.717) is 19.4 Å². The molecule has 0 aromatic heterocycles. The molecule has 0 spiro atoms. The molecule has 2 N–H and O–H groups in total. The third-order valence-corrected chi connectivity index (χ3v) is 3.42. The zero-order chi connectivity index (χ0) is 13.4. The summed E-state index contributed by atoms with van der Waals surface area (Å²) in [6.07, 6.45) is 9.19. The highest BCUT2D eigenvalue weighted by molar-refractivity contribution is 5.85. The Hall–Kier alpha value is -1.32. The molecule has 0 heterocycles. The molecular weight excluding hydrogens is 230 g/mol. The van der Waals surface area contributed by atoms with Crippen LogP contribution in [0.3, 0.4) is 0 Å². The normalized spacial score (nSPS) is 22.7. The number of allylic oxidation sites excluding steroid dienone is 2. The fourth-order valence-corrected chi connectivity index (χ4v) is 2.27. The summed E-state index contributed by atoms with van der Waals surface area (Å²) in [5, 5.41) is 11.9. The summed E-state index contributed by atoms with van der Waals surface area (Å²) >= 11 is 0. The maximum absolute atomic E-state index is 11.9. The molecular formula is C14H23NO3. The molecule has 0 saturated carbocycles. The van der Waals surface area contributed by atoms with E-state index in [4.69, 9.17) is 5.11 Å². The number of carboxylic acids is 1. The first-order valence-corrected chi connectivity index (χ1v) is 6.82. The number of amides is 1. The smallest absolute Gasteiger partial charge is 0.307 e. The Morgan fingerprint density at radius 3 is 2.44 bits per heavy atom. The Bertz CT molecular complexity index is 312. The number of hydrogen-bond acceptors (Lipinski definition) is 2. The van der Waals surface area contributed by atoms with Crippen molar-refractivity contribution in [1.82, 2.24) is 5.32 Å². The number of carbonyl (C=O) groups is 2. The molecule has 0 aliphatic heterocycles. The van der Waals surface area contributed by atoms with Gasteiger partial charge in [0.2, 0.25) is 5.91 Å². The van der Waals surface area contributed by atoms with Gasteiger partial charge in [-0.2, -0.15) is 0 Å². The number of unbranched alkanes of at least 4 members (excludes halogenated alkanes) is 3. The summed E-state index contributed by atoms with van der Waals surface area (Å²) in [6.45, 7) is 2.80. The van der Waals surface area contributed by atoms with Gasteiger partial charge in [0.15, 0.2) is 0 Å². The number of hydrogen-bond donors (Lipinski definition) is 2. The van der Waals surface area contributed by atoms with Crippen molar-refractivity contribution >= 4 is 11.9 Å². The highest BCUT2D eigenvalue weighted by Gasteiger charge is 2.33. The van der Waals surface area contributed by atoms with Gasteiger partial charge in [-0.05, 0) is 19.3 Å². The summed E-state index contributed by atoms with van der Waals surface area (Å²) in [4.78, 5) is 23.0. The van der Waals surface area contributed by atoms with Crippen molar-refractivity contribution in [3.8, 4) is 0 Å². The molecule has 2 atom stereocenters. The minimum atomic E-state index is -0.870. The van der Waals surface area contributed by atoms with E-state index in [1.54, 1.807) is 0 Å². The Labute approximate surface area is 108 Å². The molecule has 0 fully saturated rings. The zero-order valence-electron chi connectivity index (χ0n) is 11.0. The van der Waals surface area contributed by atoms with Gasteiger partial charge in [-0.25, -0.2) is 0 Å². The van der Waals surface area contributed by atoms with E-state index in [-0.39, 0.29) is 5.91 Å². The number of carbonyl (C=O) groups excluding carboxylic acids is 1. The molecule has 1 amide bonds. The molecule has 0 radical (unpaired) electrons. The van der Waals surface area contributed by atoms with Gasteiger partial charge in [-0.3, -0.25) is 9.59 Å². The van der Waals surface area contributed by atoms with Crippen LogP contribution in [0.5, 0.6) is 0 Å². The van der Waals surface area contributed by atoms with Gasteiger partial charge in [0, 0.05) is 6.54 Å². The molecule has 1 aliphatic rings. The second kappa shape index (κ2) is 7.90. The second-order valence-corrected chi connectivity index (χ2v) is 4.85. The maximum atomic E-state index is 11.9. The lowest BCUT2D eigenvalue weighted by Gasteiger charge is -2.24. The highest BCUT2D eigenvalue weighted by Crippen LogP contribution is 2.25. The molecule has 18 heavy (non-hydrogen) atoms. The third-order valence-electron chi connectivity index (χ3n) is 3.42. The molecule has 1 rings (SSSR count). The van der Waals surface area contributed by atoms with Crippen molar-refractivity contribution in [3.63, 3.8) is 0 Å². The average Bonchev–Trinajstić information content (AvgIpc) is 2.38. The number of nitrogens with one attached hydrogen (secondary N) is 1. The lowest BCUT2D eigenvalue weighted by atomic mass is 9.82. The lowest BCUT2D eigenvalue weighted by Crippen LogP contribution is -2.39. The third kappa shape index (κ3) is 4.51. The van der Waals surface area contributed by atoms with E-state index in [0.717, 1.165) is 12.8 Å². The molecule has 4 nitrogen and oxygen atoms in total. The molecule has 0 saturated heterocycles. The minimum Gasteiger partial charge on any atom is -0.481 e. The second-order valence-electron chi connectivity index (χ2n) is 4.85. The fourth-order valence-electron chi connectivity index (χ4n) is 2.27. The van der Waals surface area contributed by atoms with Gasteiger partial charge in [0.25, 0.3) is 0 Å². The van der Waals surface area contributed by atoms with Crippen LogP contribution in [0.4, 0.5) is 0 Å². The van der Waals surface area contributed by atoms with Crippen molar-refractivity contribution in [3.05, 3.63) is 12.2 Å². The first-order valence-electron chi connectivity index (χ1n) is 6.82. The average molecular weight is 253 g/mol. The lowest BCUT2D eigenvalue weighted by molar-refractivity contribution is -0.147.